The minimum Gasteiger partial charge on any atom is -0.371 e. The molecule has 0 unspecified atom stereocenters. The summed E-state index contributed by atoms with van der Waals surface area (Å²) >= 11 is 0. The van der Waals surface area contributed by atoms with Crippen molar-refractivity contribution in [2.75, 3.05) is 38.6 Å². The summed E-state index contributed by atoms with van der Waals surface area (Å²) in [5.41, 5.74) is 1.26. The van der Waals surface area contributed by atoms with Crippen molar-refractivity contribution in [1.29, 1.82) is 0 Å². The van der Waals surface area contributed by atoms with Crippen molar-refractivity contribution in [3.05, 3.63) is 30.3 Å². The third-order valence-corrected chi connectivity index (χ3v) is 4.35. The van der Waals surface area contributed by atoms with E-state index in [0.717, 1.165) is 38.9 Å². The quantitative estimate of drug-likeness (QED) is 0.791. The zero-order valence-electron chi connectivity index (χ0n) is 14.0. The van der Waals surface area contributed by atoms with Crippen LogP contribution in [0, 0.1) is 0 Å². The Hall–Kier alpha value is -0.970. The lowest BCUT2D eigenvalue weighted by Crippen LogP contribution is -2.45. The highest BCUT2D eigenvalue weighted by Crippen LogP contribution is 2.22. The lowest BCUT2D eigenvalue weighted by atomic mass is 10.0. The molecule has 23 heavy (non-hydrogen) atoms. The number of halogens is 2. The van der Waals surface area contributed by atoms with Crippen molar-refractivity contribution in [2.45, 2.75) is 31.7 Å². The Kier molecular flexibility index (Phi) is 11.1. The van der Waals surface area contributed by atoms with Gasteiger partial charge >= 0.3 is 0 Å². The SMILES string of the molecule is CNCCCC(=O)N1CCC(N(C)c2ccccc2)CC1.Cl.Cl. The van der Waals surface area contributed by atoms with E-state index < -0.39 is 0 Å². The fourth-order valence-corrected chi connectivity index (χ4v) is 2.95. The first-order chi connectivity index (χ1) is 10.2. The molecule has 1 saturated heterocycles. The molecule has 0 aliphatic carbocycles. The first-order valence-electron chi connectivity index (χ1n) is 7.92. The summed E-state index contributed by atoms with van der Waals surface area (Å²) in [7, 11) is 4.08. The molecule has 0 bridgehead atoms. The van der Waals surface area contributed by atoms with Gasteiger partial charge in [-0.25, -0.2) is 0 Å². The highest BCUT2D eigenvalue weighted by atomic mass is 35.5. The number of hydrogen-bond acceptors (Lipinski definition) is 3. The Morgan fingerprint density at radius 1 is 1.22 bits per heavy atom. The molecule has 6 heteroatoms. The fraction of sp³-hybridized carbons (Fsp3) is 0.588. The Morgan fingerprint density at radius 2 is 1.83 bits per heavy atom. The van der Waals surface area contributed by atoms with Crippen LogP contribution in [-0.2, 0) is 4.79 Å². The maximum atomic E-state index is 12.1. The number of carbonyl (C=O) groups is 1. The van der Waals surface area contributed by atoms with E-state index in [9.17, 15) is 4.79 Å². The summed E-state index contributed by atoms with van der Waals surface area (Å²) in [6.07, 6.45) is 3.71. The molecule has 0 atom stereocenters. The van der Waals surface area contributed by atoms with Crippen molar-refractivity contribution in [3.63, 3.8) is 0 Å². The number of rotatable bonds is 6. The van der Waals surface area contributed by atoms with Gasteiger partial charge in [-0.3, -0.25) is 4.79 Å². The third kappa shape index (κ3) is 6.58. The molecular weight excluding hydrogens is 333 g/mol. The van der Waals surface area contributed by atoms with Crippen LogP contribution >= 0.6 is 24.8 Å². The van der Waals surface area contributed by atoms with Crippen LogP contribution in [0.1, 0.15) is 25.7 Å². The second kappa shape index (κ2) is 11.5. The molecule has 4 nitrogen and oxygen atoms in total. The summed E-state index contributed by atoms with van der Waals surface area (Å²) in [4.78, 5) is 16.5. The first kappa shape index (κ1) is 22.0. The maximum Gasteiger partial charge on any atom is 0.222 e. The number of carbonyl (C=O) groups excluding carboxylic acids is 1. The van der Waals surface area contributed by atoms with E-state index in [1.165, 1.54) is 5.69 Å². The van der Waals surface area contributed by atoms with Gasteiger partial charge in [0.2, 0.25) is 5.91 Å². The van der Waals surface area contributed by atoms with Gasteiger partial charge in [0.05, 0.1) is 0 Å². The van der Waals surface area contributed by atoms with Crippen molar-refractivity contribution >= 4 is 36.4 Å². The van der Waals surface area contributed by atoms with E-state index in [-0.39, 0.29) is 24.8 Å². The molecule has 1 aliphatic heterocycles. The van der Waals surface area contributed by atoms with Gasteiger partial charge in [-0.1, -0.05) is 18.2 Å². The average molecular weight is 362 g/mol. The second-order valence-corrected chi connectivity index (χ2v) is 5.77. The van der Waals surface area contributed by atoms with E-state index in [1.54, 1.807) is 0 Å². The molecule has 1 fully saturated rings. The van der Waals surface area contributed by atoms with Crippen LogP contribution in [0.3, 0.4) is 0 Å². The molecule has 0 radical (unpaired) electrons. The van der Waals surface area contributed by atoms with Gasteiger partial charge in [-0.15, -0.1) is 24.8 Å². The minimum absolute atomic E-state index is 0. The summed E-state index contributed by atoms with van der Waals surface area (Å²) < 4.78 is 0. The molecular formula is C17H29Cl2N3O. The van der Waals surface area contributed by atoms with Crippen LogP contribution in [-0.4, -0.2) is 50.6 Å². The zero-order valence-corrected chi connectivity index (χ0v) is 15.7. The lowest BCUT2D eigenvalue weighted by molar-refractivity contribution is -0.132. The smallest absolute Gasteiger partial charge is 0.222 e. The van der Waals surface area contributed by atoms with E-state index in [2.05, 4.69) is 41.5 Å². The van der Waals surface area contributed by atoms with Gasteiger partial charge < -0.3 is 15.1 Å². The highest BCUT2D eigenvalue weighted by Gasteiger charge is 2.24. The van der Waals surface area contributed by atoms with Gasteiger partial charge in [0.15, 0.2) is 0 Å². The molecule has 132 valence electrons. The van der Waals surface area contributed by atoms with Gasteiger partial charge in [0, 0.05) is 38.3 Å². The van der Waals surface area contributed by atoms with Crippen LogP contribution < -0.4 is 10.2 Å². The largest absolute Gasteiger partial charge is 0.371 e. The molecule has 2 rings (SSSR count). The van der Waals surface area contributed by atoms with Crippen LogP contribution in [0.5, 0.6) is 0 Å². The Morgan fingerprint density at radius 3 is 2.39 bits per heavy atom. The first-order valence-corrected chi connectivity index (χ1v) is 7.92. The highest BCUT2D eigenvalue weighted by molar-refractivity contribution is 5.85. The predicted molar refractivity (Wildman–Crippen MR) is 102 cm³/mol. The van der Waals surface area contributed by atoms with E-state index in [1.807, 2.05) is 18.0 Å². The molecule has 1 N–H and O–H groups in total. The topological polar surface area (TPSA) is 35.6 Å². The van der Waals surface area contributed by atoms with Gasteiger partial charge in [-0.05, 0) is 45.0 Å². The molecule has 0 aromatic heterocycles. The van der Waals surface area contributed by atoms with Crippen LogP contribution in [0.4, 0.5) is 5.69 Å². The number of nitrogens with one attached hydrogen (secondary N) is 1. The summed E-state index contributed by atoms with van der Waals surface area (Å²) in [6.45, 7) is 2.69. The molecule has 0 saturated carbocycles. The number of anilines is 1. The Labute approximate surface area is 152 Å². The summed E-state index contributed by atoms with van der Waals surface area (Å²) in [6, 6.07) is 11.0. The van der Waals surface area contributed by atoms with E-state index in [4.69, 9.17) is 0 Å². The molecule has 1 aliphatic rings. The molecule has 1 aromatic carbocycles. The molecule has 1 aromatic rings. The van der Waals surface area contributed by atoms with E-state index >= 15 is 0 Å². The minimum atomic E-state index is 0. The van der Waals surface area contributed by atoms with Crippen molar-refractivity contribution in [3.8, 4) is 0 Å². The van der Waals surface area contributed by atoms with Crippen molar-refractivity contribution in [1.82, 2.24) is 10.2 Å². The number of nitrogens with zero attached hydrogens (tertiary/aromatic N) is 2. The maximum absolute atomic E-state index is 12.1. The molecule has 1 heterocycles. The Balaban J connectivity index is 0.00000242. The van der Waals surface area contributed by atoms with Crippen LogP contribution in [0.15, 0.2) is 30.3 Å². The standard InChI is InChI=1S/C17H27N3O.2ClH/c1-18-12-6-9-17(21)20-13-10-16(11-14-20)19(2)15-7-4-3-5-8-15;;/h3-5,7-8,16,18H,6,9-14H2,1-2H3;2*1H. The summed E-state index contributed by atoms with van der Waals surface area (Å²) in [5.74, 6) is 0.311. The van der Waals surface area contributed by atoms with Crippen LogP contribution in [0.2, 0.25) is 0 Å². The number of benzene rings is 1. The zero-order chi connectivity index (χ0) is 15.1. The third-order valence-electron chi connectivity index (χ3n) is 4.35. The van der Waals surface area contributed by atoms with Crippen molar-refractivity contribution < 1.29 is 4.79 Å². The number of likely N-dealkylation sites (tertiary alicyclic amines) is 1. The number of piperidine rings is 1. The average Bonchev–Trinajstić information content (AvgIpc) is 2.55. The molecule has 0 spiro atoms. The summed E-state index contributed by atoms with van der Waals surface area (Å²) in [5, 5.41) is 3.09. The predicted octanol–water partition coefficient (Wildman–Crippen LogP) is 2.96. The van der Waals surface area contributed by atoms with Gasteiger partial charge in [0.25, 0.3) is 0 Å². The lowest BCUT2D eigenvalue weighted by Gasteiger charge is -2.38. The van der Waals surface area contributed by atoms with E-state index in [0.29, 0.717) is 18.4 Å². The monoisotopic (exact) mass is 361 g/mol. The molecule has 1 amide bonds. The number of hydrogen-bond donors (Lipinski definition) is 1. The normalized spacial score (nSPS) is 14.6. The number of amides is 1. The van der Waals surface area contributed by atoms with Crippen LogP contribution in [0.25, 0.3) is 0 Å². The van der Waals surface area contributed by atoms with Gasteiger partial charge in [-0.2, -0.15) is 0 Å². The Bertz CT molecular complexity index is 437. The fourth-order valence-electron chi connectivity index (χ4n) is 2.95. The van der Waals surface area contributed by atoms with Crippen molar-refractivity contribution in [2.24, 2.45) is 0 Å². The number of para-hydroxylation sites is 1. The second-order valence-electron chi connectivity index (χ2n) is 5.77. The van der Waals surface area contributed by atoms with Gasteiger partial charge in [0.1, 0.15) is 0 Å².